The molecule has 0 amide bonds. The highest BCUT2D eigenvalue weighted by Gasteiger charge is 2.13. The molecule has 0 spiro atoms. The third kappa shape index (κ3) is 1.73. The van der Waals surface area contributed by atoms with E-state index in [1.54, 1.807) is 18.3 Å². The van der Waals surface area contributed by atoms with Crippen molar-refractivity contribution in [2.75, 3.05) is 0 Å². The Kier molecular flexibility index (Phi) is 2.53. The maximum absolute atomic E-state index is 11.8. The normalized spacial score (nSPS) is 10.4. The van der Waals surface area contributed by atoms with Crippen LogP contribution in [0.4, 0.5) is 0 Å². The molecule has 0 bridgehead atoms. The van der Waals surface area contributed by atoms with Crippen LogP contribution < -0.4 is 4.73 Å². The van der Waals surface area contributed by atoms with Crippen LogP contribution in [0.25, 0.3) is 17.2 Å². The van der Waals surface area contributed by atoms with E-state index in [2.05, 4.69) is 4.98 Å². The number of hydrogen-bond donors (Lipinski definition) is 0. The lowest BCUT2D eigenvalue weighted by atomic mass is 10.2. The molecule has 0 fully saturated rings. The Balaban J connectivity index is 2.16. The summed E-state index contributed by atoms with van der Waals surface area (Å²) in [4.78, 5) is 4.29. The summed E-state index contributed by atoms with van der Waals surface area (Å²) in [6.45, 7) is 0. The molecule has 0 aliphatic carbocycles. The summed E-state index contributed by atoms with van der Waals surface area (Å²) in [5.41, 5.74) is 1.43. The molecule has 0 aliphatic rings. The van der Waals surface area contributed by atoms with Gasteiger partial charge in [-0.15, -0.1) is 0 Å². The van der Waals surface area contributed by atoms with E-state index in [1.165, 1.54) is 6.20 Å². The Hall–Kier alpha value is -2.62. The molecule has 3 heterocycles. The zero-order chi connectivity index (χ0) is 12.4. The largest absolute Gasteiger partial charge is 0.618 e. The Labute approximate surface area is 104 Å². The van der Waals surface area contributed by atoms with E-state index >= 15 is 0 Å². The van der Waals surface area contributed by atoms with Crippen LogP contribution in [0.1, 0.15) is 0 Å². The highest BCUT2D eigenvalue weighted by Crippen LogP contribution is 2.19. The van der Waals surface area contributed by atoms with Crippen molar-refractivity contribution in [3.63, 3.8) is 0 Å². The average molecular weight is 237 g/mol. The van der Waals surface area contributed by atoms with E-state index in [9.17, 15) is 5.21 Å². The quantitative estimate of drug-likeness (QED) is 0.506. The molecular weight excluding hydrogens is 226 g/mol. The van der Waals surface area contributed by atoms with E-state index in [4.69, 9.17) is 0 Å². The molecule has 4 heteroatoms. The van der Waals surface area contributed by atoms with Crippen LogP contribution in [0.15, 0.2) is 67.1 Å². The monoisotopic (exact) mass is 237 g/mol. The van der Waals surface area contributed by atoms with Gasteiger partial charge in [0.25, 0.3) is 0 Å². The summed E-state index contributed by atoms with van der Waals surface area (Å²) in [6, 6.07) is 14.8. The van der Waals surface area contributed by atoms with Crippen LogP contribution in [0.2, 0.25) is 0 Å². The zero-order valence-corrected chi connectivity index (χ0v) is 9.60. The Morgan fingerprint density at radius 1 is 1.00 bits per heavy atom. The second-order valence-electron chi connectivity index (χ2n) is 3.86. The summed E-state index contributed by atoms with van der Waals surface area (Å²) in [6.07, 6.45) is 5.12. The molecular formula is C14H11N3O. The van der Waals surface area contributed by atoms with Crippen molar-refractivity contribution < 1.29 is 4.73 Å². The van der Waals surface area contributed by atoms with Crippen molar-refractivity contribution in [3.8, 4) is 17.2 Å². The Morgan fingerprint density at radius 3 is 2.67 bits per heavy atom. The van der Waals surface area contributed by atoms with Gasteiger partial charge in [0.15, 0.2) is 6.20 Å². The highest BCUT2D eigenvalue weighted by atomic mass is 16.5. The van der Waals surface area contributed by atoms with Crippen LogP contribution in [0.3, 0.4) is 0 Å². The first-order valence-corrected chi connectivity index (χ1v) is 5.63. The average Bonchev–Trinajstić information content (AvgIpc) is 2.89. The van der Waals surface area contributed by atoms with Gasteiger partial charge >= 0.3 is 0 Å². The van der Waals surface area contributed by atoms with Crippen molar-refractivity contribution in [3.05, 3.63) is 72.3 Å². The molecule has 88 valence electrons. The minimum Gasteiger partial charge on any atom is -0.618 e. The molecule has 0 aromatic carbocycles. The second-order valence-corrected chi connectivity index (χ2v) is 3.86. The molecule has 18 heavy (non-hydrogen) atoms. The second kappa shape index (κ2) is 4.33. The van der Waals surface area contributed by atoms with Gasteiger partial charge in [0.1, 0.15) is 11.5 Å². The minimum absolute atomic E-state index is 0.605. The lowest BCUT2D eigenvalue weighted by Crippen LogP contribution is -2.28. The fourth-order valence-electron chi connectivity index (χ4n) is 1.91. The maximum atomic E-state index is 11.8. The number of nitrogens with zero attached hydrogens (tertiary/aromatic N) is 3. The molecule has 4 nitrogen and oxygen atoms in total. The number of aromatic nitrogens is 3. The summed E-state index contributed by atoms with van der Waals surface area (Å²) >= 11 is 0. The Morgan fingerprint density at radius 2 is 1.89 bits per heavy atom. The van der Waals surface area contributed by atoms with Gasteiger partial charge in [-0.1, -0.05) is 6.07 Å². The third-order valence-corrected chi connectivity index (χ3v) is 2.73. The Bertz CT molecular complexity index is 662. The lowest BCUT2D eigenvalue weighted by Gasteiger charge is -2.08. The minimum atomic E-state index is 0.605. The fourth-order valence-corrected chi connectivity index (χ4v) is 1.91. The van der Waals surface area contributed by atoms with Gasteiger partial charge in [-0.05, 0) is 30.3 Å². The first-order chi connectivity index (χ1) is 8.86. The SMILES string of the molecule is [O-][n+]1ccccc1-c1cccn1-c1ccccn1. The molecule has 0 N–H and O–H groups in total. The van der Waals surface area contributed by atoms with Gasteiger partial charge in [0.2, 0.25) is 5.69 Å². The van der Waals surface area contributed by atoms with Crippen molar-refractivity contribution >= 4 is 0 Å². The summed E-state index contributed by atoms with van der Waals surface area (Å²) in [5.74, 6) is 0.793. The summed E-state index contributed by atoms with van der Waals surface area (Å²) < 4.78 is 2.75. The van der Waals surface area contributed by atoms with E-state index < -0.39 is 0 Å². The molecule has 0 unspecified atom stereocenters. The van der Waals surface area contributed by atoms with E-state index in [1.807, 2.05) is 47.2 Å². The summed E-state index contributed by atoms with van der Waals surface area (Å²) in [5, 5.41) is 11.8. The smallest absolute Gasteiger partial charge is 0.240 e. The van der Waals surface area contributed by atoms with Crippen molar-refractivity contribution in [2.24, 2.45) is 0 Å². The van der Waals surface area contributed by atoms with Gasteiger partial charge in [-0.25, -0.2) is 4.98 Å². The van der Waals surface area contributed by atoms with Crippen LogP contribution in [0, 0.1) is 5.21 Å². The van der Waals surface area contributed by atoms with Gasteiger partial charge in [-0.3, -0.25) is 4.57 Å². The highest BCUT2D eigenvalue weighted by molar-refractivity contribution is 5.55. The molecule has 0 radical (unpaired) electrons. The van der Waals surface area contributed by atoms with Gasteiger partial charge in [-0.2, -0.15) is 4.73 Å². The van der Waals surface area contributed by atoms with Crippen molar-refractivity contribution in [1.29, 1.82) is 0 Å². The predicted molar refractivity (Wildman–Crippen MR) is 68.0 cm³/mol. The zero-order valence-electron chi connectivity index (χ0n) is 9.60. The molecule has 3 aromatic rings. The van der Waals surface area contributed by atoms with Gasteiger partial charge < -0.3 is 5.21 Å². The van der Waals surface area contributed by atoms with Gasteiger partial charge in [0.05, 0.1) is 0 Å². The van der Waals surface area contributed by atoms with E-state index in [0.29, 0.717) is 5.69 Å². The first kappa shape index (κ1) is 10.5. The maximum Gasteiger partial charge on any atom is 0.240 e. The predicted octanol–water partition coefficient (Wildman–Crippen LogP) is 2.17. The van der Waals surface area contributed by atoms with E-state index in [-0.39, 0.29) is 0 Å². The van der Waals surface area contributed by atoms with Crippen molar-refractivity contribution in [2.45, 2.75) is 0 Å². The standard InChI is InChI=1S/C14H11N3O/c18-17-11-4-2-6-13(17)12-7-5-10-16(12)14-8-1-3-9-15-14/h1-11H. The first-order valence-electron chi connectivity index (χ1n) is 5.63. The van der Waals surface area contributed by atoms with Crippen LogP contribution >= 0.6 is 0 Å². The molecule has 3 aromatic heterocycles. The fraction of sp³-hybridized carbons (Fsp3) is 0. The third-order valence-electron chi connectivity index (χ3n) is 2.73. The van der Waals surface area contributed by atoms with Crippen LogP contribution in [-0.4, -0.2) is 9.55 Å². The molecule has 3 rings (SSSR count). The van der Waals surface area contributed by atoms with Crippen LogP contribution in [-0.2, 0) is 0 Å². The topological polar surface area (TPSA) is 44.8 Å². The van der Waals surface area contributed by atoms with Crippen molar-refractivity contribution in [1.82, 2.24) is 9.55 Å². The molecule has 0 atom stereocenters. The van der Waals surface area contributed by atoms with Crippen LogP contribution in [0.5, 0.6) is 0 Å². The molecule has 0 saturated heterocycles. The molecule has 0 saturated carbocycles. The number of hydrogen-bond acceptors (Lipinski definition) is 2. The van der Waals surface area contributed by atoms with Gasteiger partial charge in [0, 0.05) is 24.5 Å². The lowest BCUT2D eigenvalue weighted by molar-refractivity contribution is -0.593. The summed E-state index contributed by atoms with van der Waals surface area (Å²) in [7, 11) is 0. The number of rotatable bonds is 2. The molecule has 0 aliphatic heterocycles. The van der Waals surface area contributed by atoms with E-state index in [0.717, 1.165) is 16.2 Å². The number of pyridine rings is 2.